The smallest absolute Gasteiger partial charge is 0.326 e. The molecule has 1 amide bonds. The Labute approximate surface area is 88.8 Å². The molecule has 15 heavy (non-hydrogen) atoms. The first-order valence-corrected chi connectivity index (χ1v) is 4.91. The van der Waals surface area contributed by atoms with Gasteiger partial charge < -0.3 is 20.9 Å². The van der Waals surface area contributed by atoms with Crippen LogP contribution >= 0.6 is 0 Å². The van der Waals surface area contributed by atoms with Crippen LogP contribution in [0.2, 0.25) is 0 Å². The van der Waals surface area contributed by atoms with Gasteiger partial charge in [-0.2, -0.15) is 0 Å². The molecule has 6 nitrogen and oxygen atoms in total. The van der Waals surface area contributed by atoms with E-state index in [9.17, 15) is 9.59 Å². The van der Waals surface area contributed by atoms with Crippen molar-refractivity contribution in [2.45, 2.75) is 25.8 Å². The van der Waals surface area contributed by atoms with E-state index in [1.54, 1.807) is 0 Å². The molecule has 0 radical (unpaired) electrons. The summed E-state index contributed by atoms with van der Waals surface area (Å²) in [4.78, 5) is 21.8. The molecular weight excluding hydrogens is 200 g/mol. The molecule has 6 heteroatoms. The molecular formula is C9H18N2O4. The number of hydrogen-bond donors (Lipinski definition) is 3. The van der Waals surface area contributed by atoms with Crippen molar-refractivity contribution < 1.29 is 19.4 Å². The van der Waals surface area contributed by atoms with Gasteiger partial charge in [0.05, 0.1) is 6.61 Å². The molecule has 0 spiro atoms. The molecule has 0 aliphatic heterocycles. The molecule has 0 aromatic rings. The molecule has 0 aromatic carbocycles. The monoisotopic (exact) mass is 218 g/mol. The summed E-state index contributed by atoms with van der Waals surface area (Å²) in [5.74, 6) is -1.45. The molecule has 0 saturated heterocycles. The average Bonchev–Trinajstić information content (AvgIpc) is 2.17. The van der Waals surface area contributed by atoms with Crippen LogP contribution in [0.15, 0.2) is 0 Å². The SMILES string of the molecule is CCC[C@@H](NC(=O)COCCN)C(=O)O. The van der Waals surface area contributed by atoms with Gasteiger partial charge in [0, 0.05) is 6.54 Å². The Balaban J connectivity index is 3.84. The summed E-state index contributed by atoms with van der Waals surface area (Å²) in [7, 11) is 0. The number of ether oxygens (including phenoxy) is 1. The minimum absolute atomic E-state index is 0.148. The fourth-order valence-corrected chi connectivity index (χ4v) is 1.03. The lowest BCUT2D eigenvalue weighted by Crippen LogP contribution is -2.42. The molecule has 88 valence electrons. The number of rotatable bonds is 8. The number of carbonyl (C=O) groups excluding carboxylic acids is 1. The molecule has 0 saturated carbocycles. The van der Waals surface area contributed by atoms with Gasteiger partial charge in [0.25, 0.3) is 0 Å². The Hall–Kier alpha value is -1.14. The fourth-order valence-electron chi connectivity index (χ4n) is 1.03. The molecule has 1 atom stereocenters. The molecule has 0 unspecified atom stereocenters. The van der Waals surface area contributed by atoms with Crippen LogP contribution < -0.4 is 11.1 Å². The molecule has 0 aromatic heterocycles. The van der Waals surface area contributed by atoms with Crippen LogP contribution in [0.3, 0.4) is 0 Å². The Kier molecular flexibility index (Phi) is 7.57. The summed E-state index contributed by atoms with van der Waals surface area (Å²) in [6.45, 7) is 2.33. The van der Waals surface area contributed by atoms with Gasteiger partial charge in [-0.15, -0.1) is 0 Å². The zero-order valence-corrected chi connectivity index (χ0v) is 8.86. The van der Waals surface area contributed by atoms with Gasteiger partial charge in [-0.25, -0.2) is 4.79 Å². The summed E-state index contributed by atoms with van der Waals surface area (Å²) in [5, 5.41) is 11.1. The van der Waals surface area contributed by atoms with Crippen molar-refractivity contribution in [2.24, 2.45) is 5.73 Å². The molecule has 0 bridgehead atoms. The predicted octanol–water partition coefficient (Wildman–Crippen LogP) is -0.669. The van der Waals surface area contributed by atoms with Crippen molar-refractivity contribution in [3.05, 3.63) is 0 Å². The highest BCUT2D eigenvalue weighted by Gasteiger charge is 2.18. The first kappa shape index (κ1) is 13.9. The molecule has 4 N–H and O–H groups in total. The number of amides is 1. The van der Waals surface area contributed by atoms with E-state index in [1.807, 2.05) is 6.92 Å². The van der Waals surface area contributed by atoms with Gasteiger partial charge in [0.15, 0.2) is 0 Å². The molecule has 0 heterocycles. The van der Waals surface area contributed by atoms with E-state index < -0.39 is 17.9 Å². The second kappa shape index (κ2) is 8.19. The lowest BCUT2D eigenvalue weighted by Gasteiger charge is -2.13. The standard InChI is InChI=1S/C9H18N2O4/c1-2-3-7(9(13)14)11-8(12)6-15-5-4-10/h7H,2-6,10H2,1H3,(H,11,12)(H,13,14)/t7-/m1/s1. The van der Waals surface area contributed by atoms with Crippen LogP contribution in [0.5, 0.6) is 0 Å². The molecule has 0 fully saturated rings. The van der Waals surface area contributed by atoms with E-state index in [0.29, 0.717) is 26.0 Å². The van der Waals surface area contributed by atoms with Crippen molar-refractivity contribution in [1.29, 1.82) is 0 Å². The number of hydrogen-bond acceptors (Lipinski definition) is 4. The first-order chi connectivity index (χ1) is 7.11. The Morgan fingerprint density at radius 3 is 2.67 bits per heavy atom. The van der Waals surface area contributed by atoms with Crippen LogP contribution in [0.4, 0.5) is 0 Å². The Morgan fingerprint density at radius 1 is 1.53 bits per heavy atom. The van der Waals surface area contributed by atoms with Crippen LogP contribution in [-0.4, -0.2) is 42.8 Å². The highest BCUT2D eigenvalue weighted by molar-refractivity contribution is 5.84. The molecule has 0 aliphatic rings. The third-order valence-corrected chi connectivity index (χ3v) is 1.71. The minimum atomic E-state index is -1.02. The van der Waals surface area contributed by atoms with Crippen LogP contribution in [-0.2, 0) is 14.3 Å². The lowest BCUT2D eigenvalue weighted by atomic mass is 10.2. The maximum Gasteiger partial charge on any atom is 0.326 e. The zero-order valence-electron chi connectivity index (χ0n) is 8.86. The van der Waals surface area contributed by atoms with Gasteiger partial charge in [-0.3, -0.25) is 4.79 Å². The number of aliphatic carboxylic acids is 1. The second-order valence-electron chi connectivity index (χ2n) is 3.09. The predicted molar refractivity (Wildman–Crippen MR) is 54.3 cm³/mol. The minimum Gasteiger partial charge on any atom is -0.480 e. The fraction of sp³-hybridized carbons (Fsp3) is 0.778. The number of nitrogens with one attached hydrogen (secondary N) is 1. The quantitative estimate of drug-likeness (QED) is 0.469. The van der Waals surface area contributed by atoms with Gasteiger partial charge in [-0.1, -0.05) is 13.3 Å². The largest absolute Gasteiger partial charge is 0.480 e. The maximum absolute atomic E-state index is 11.2. The van der Waals surface area contributed by atoms with E-state index >= 15 is 0 Å². The van der Waals surface area contributed by atoms with Crippen molar-refractivity contribution in [3.8, 4) is 0 Å². The maximum atomic E-state index is 11.2. The van der Waals surface area contributed by atoms with Crippen LogP contribution in [0, 0.1) is 0 Å². The first-order valence-electron chi connectivity index (χ1n) is 4.91. The third kappa shape index (κ3) is 6.87. The second-order valence-corrected chi connectivity index (χ2v) is 3.09. The molecule has 0 rings (SSSR count). The zero-order chi connectivity index (χ0) is 11.7. The number of carboxylic acid groups (broad SMARTS) is 1. The van der Waals surface area contributed by atoms with E-state index in [0.717, 1.165) is 0 Å². The summed E-state index contributed by atoms with van der Waals surface area (Å²) < 4.78 is 4.87. The Morgan fingerprint density at radius 2 is 2.20 bits per heavy atom. The average molecular weight is 218 g/mol. The highest BCUT2D eigenvalue weighted by atomic mass is 16.5. The van der Waals surface area contributed by atoms with Gasteiger partial charge in [0.2, 0.25) is 5.91 Å². The van der Waals surface area contributed by atoms with Crippen molar-refractivity contribution in [3.63, 3.8) is 0 Å². The summed E-state index contributed by atoms with van der Waals surface area (Å²) in [6.07, 6.45) is 1.11. The number of carboxylic acids is 1. The Bertz CT molecular complexity index is 208. The van der Waals surface area contributed by atoms with Crippen LogP contribution in [0.1, 0.15) is 19.8 Å². The topological polar surface area (TPSA) is 102 Å². The van der Waals surface area contributed by atoms with E-state index in [4.69, 9.17) is 15.6 Å². The van der Waals surface area contributed by atoms with Crippen molar-refractivity contribution >= 4 is 11.9 Å². The van der Waals surface area contributed by atoms with E-state index in [1.165, 1.54) is 0 Å². The highest BCUT2D eigenvalue weighted by Crippen LogP contribution is 1.96. The third-order valence-electron chi connectivity index (χ3n) is 1.71. The normalized spacial score (nSPS) is 12.1. The summed E-state index contributed by atoms with van der Waals surface area (Å²) in [5.41, 5.74) is 5.16. The van der Waals surface area contributed by atoms with Crippen LogP contribution in [0.25, 0.3) is 0 Å². The number of carbonyl (C=O) groups is 2. The van der Waals surface area contributed by atoms with Gasteiger partial charge in [-0.05, 0) is 6.42 Å². The van der Waals surface area contributed by atoms with Gasteiger partial charge in [0.1, 0.15) is 12.6 Å². The summed E-state index contributed by atoms with van der Waals surface area (Å²) in [6, 6.07) is -0.830. The summed E-state index contributed by atoms with van der Waals surface area (Å²) >= 11 is 0. The van der Waals surface area contributed by atoms with Crippen molar-refractivity contribution in [2.75, 3.05) is 19.8 Å². The van der Waals surface area contributed by atoms with E-state index in [2.05, 4.69) is 5.32 Å². The molecule has 0 aliphatic carbocycles. The number of nitrogens with two attached hydrogens (primary N) is 1. The van der Waals surface area contributed by atoms with Gasteiger partial charge >= 0.3 is 5.97 Å². The lowest BCUT2D eigenvalue weighted by molar-refractivity contribution is -0.142. The van der Waals surface area contributed by atoms with Crippen molar-refractivity contribution in [1.82, 2.24) is 5.32 Å². The van der Waals surface area contributed by atoms with E-state index in [-0.39, 0.29) is 6.61 Å².